The van der Waals surface area contributed by atoms with Gasteiger partial charge < -0.3 is 4.74 Å². The Hall–Kier alpha value is -1.42. The normalized spacial score (nSPS) is 41.2. The third-order valence-electron chi connectivity index (χ3n) is 9.05. The monoisotopic (exact) mass is 412 g/mol. The first-order chi connectivity index (χ1) is 13.9. The van der Waals surface area contributed by atoms with Gasteiger partial charge in [0.15, 0.2) is 5.78 Å². The number of ketones is 1. The lowest BCUT2D eigenvalue weighted by Gasteiger charge is -2.57. The van der Waals surface area contributed by atoms with E-state index < -0.39 is 0 Å². The summed E-state index contributed by atoms with van der Waals surface area (Å²) in [4.78, 5) is 25.7. The molecule has 156 valence electrons. The number of fused-ring (bicyclic) bond motifs is 5. The average Bonchev–Trinajstić information content (AvgIpc) is 3.30. The van der Waals surface area contributed by atoms with Crippen molar-refractivity contribution in [2.45, 2.75) is 77.7 Å². The lowest BCUT2D eigenvalue weighted by molar-refractivity contribution is -0.159. The largest absolute Gasteiger partial charge is 0.462 e. The molecule has 0 aliphatic heterocycles. The van der Waals surface area contributed by atoms with Gasteiger partial charge in [0.2, 0.25) is 0 Å². The number of carbonyl (C=O) groups excluding carboxylic acids is 2. The highest BCUT2D eigenvalue weighted by Crippen LogP contribution is 2.65. The molecule has 4 aliphatic carbocycles. The second kappa shape index (κ2) is 7.08. The van der Waals surface area contributed by atoms with Crippen LogP contribution in [0.5, 0.6) is 0 Å². The van der Waals surface area contributed by atoms with E-state index in [0.717, 1.165) is 30.6 Å². The van der Waals surface area contributed by atoms with Gasteiger partial charge in [-0.15, -0.1) is 11.3 Å². The van der Waals surface area contributed by atoms with E-state index in [4.69, 9.17) is 4.74 Å². The molecule has 0 bridgehead atoms. The SMILES string of the molecule is CC12CCC(=O)C=C1CCC1C2CCC2(C)C(OC(=O)Cc3cccs3)CCC12. The van der Waals surface area contributed by atoms with Gasteiger partial charge >= 0.3 is 5.97 Å². The molecule has 0 radical (unpaired) electrons. The summed E-state index contributed by atoms with van der Waals surface area (Å²) in [5, 5.41) is 2.02. The van der Waals surface area contributed by atoms with Gasteiger partial charge in [-0.05, 0) is 85.6 Å². The lowest BCUT2D eigenvalue weighted by Crippen LogP contribution is -2.51. The number of carbonyl (C=O) groups is 2. The summed E-state index contributed by atoms with van der Waals surface area (Å²) in [6.07, 6.45) is 11.0. The number of hydrogen-bond acceptors (Lipinski definition) is 4. The fraction of sp³-hybridized carbons (Fsp3) is 0.680. The van der Waals surface area contributed by atoms with Crippen molar-refractivity contribution in [3.8, 4) is 0 Å². The van der Waals surface area contributed by atoms with Gasteiger partial charge in [0.1, 0.15) is 6.10 Å². The third-order valence-corrected chi connectivity index (χ3v) is 9.92. The van der Waals surface area contributed by atoms with Crippen LogP contribution in [0.4, 0.5) is 0 Å². The lowest BCUT2D eigenvalue weighted by atomic mass is 9.47. The molecule has 6 unspecified atom stereocenters. The second-order valence-electron chi connectivity index (χ2n) is 10.3. The van der Waals surface area contributed by atoms with Crippen LogP contribution in [0.2, 0.25) is 0 Å². The molecule has 3 saturated carbocycles. The van der Waals surface area contributed by atoms with Gasteiger partial charge in [0, 0.05) is 16.7 Å². The van der Waals surface area contributed by atoms with Crippen LogP contribution in [0.25, 0.3) is 0 Å². The molecule has 4 heteroatoms. The van der Waals surface area contributed by atoms with Gasteiger partial charge in [-0.3, -0.25) is 9.59 Å². The molecule has 0 aromatic carbocycles. The van der Waals surface area contributed by atoms with E-state index >= 15 is 0 Å². The zero-order valence-corrected chi connectivity index (χ0v) is 18.4. The van der Waals surface area contributed by atoms with Crippen molar-refractivity contribution >= 4 is 23.1 Å². The van der Waals surface area contributed by atoms with Crippen LogP contribution in [0.3, 0.4) is 0 Å². The first-order valence-electron chi connectivity index (χ1n) is 11.4. The Morgan fingerprint density at radius 1 is 1.14 bits per heavy atom. The quantitative estimate of drug-likeness (QED) is 0.595. The van der Waals surface area contributed by atoms with Crippen molar-refractivity contribution in [2.24, 2.45) is 28.6 Å². The van der Waals surface area contributed by atoms with E-state index in [9.17, 15) is 9.59 Å². The Morgan fingerprint density at radius 2 is 2.00 bits per heavy atom. The Kier molecular flexibility index (Phi) is 4.77. The van der Waals surface area contributed by atoms with Gasteiger partial charge in [0.05, 0.1) is 6.42 Å². The second-order valence-corrected chi connectivity index (χ2v) is 11.4. The molecule has 1 heterocycles. The molecule has 0 amide bonds. The minimum Gasteiger partial charge on any atom is -0.462 e. The van der Waals surface area contributed by atoms with E-state index in [1.165, 1.54) is 24.8 Å². The molecule has 1 aromatic heterocycles. The van der Waals surface area contributed by atoms with E-state index in [2.05, 4.69) is 13.8 Å². The molecule has 3 nitrogen and oxygen atoms in total. The Labute approximate surface area is 177 Å². The standard InChI is InChI=1S/C25H32O3S/c1-24-11-9-17(26)14-16(24)5-6-19-20-7-8-22(25(20,2)12-10-21(19)24)28-23(27)15-18-4-3-13-29-18/h3-4,13-14,19-22H,5-12,15H2,1-2H3. The van der Waals surface area contributed by atoms with Crippen molar-refractivity contribution in [3.63, 3.8) is 0 Å². The number of allylic oxidation sites excluding steroid dienone is 1. The maximum Gasteiger partial charge on any atom is 0.311 e. The van der Waals surface area contributed by atoms with Crippen molar-refractivity contribution in [3.05, 3.63) is 34.0 Å². The first-order valence-corrected chi connectivity index (χ1v) is 12.2. The van der Waals surface area contributed by atoms with Crippen molar-refractivity contribution < 1.29 is 14.3 Å². The minimum absolute atomic E-state index is 0.0620. The summed E-state index contributed by atoms with van der Waals surface area (Å²) in [6, 6.07) is 4.01. The zero-order valence-electron chi connectivity index (χ0n) is 17.6. The van der Waals surface area contributed by atoms with Crippen molar-refractivity contribution in [2.75, 3.05) is 0 Å². The van der Waals surface area contributed by atoms with Crippen LogP contribution in [-0.4, -0.2) is 17.9 Å². The third kappa shape index (κ3) is 3.13. The molecule has 0 spiro atoms. The van der Waals surface area contributed by atoms with Crippen LogP contribution < -0.4 is 0 Å². The average molecular weight is 413 g/mol. The molecule has 3 fully saturated rings. The van der Waals surface area contributed by atoms with Gasteiger partial charge in [-0.2, -0.15) is 0 Å². The van der Waals surface area contributed by atoms with Crippen LogP contribution in [0.1, 0.15) is 70.1 Å². The Bertz CT molecular complexity index is 840. The van der Waals surface area contributed by atoms with Crippen LogP contribution in [0.15, 0.2) is 29.2 Å². The number of ether oxygens (including phenoxy) is 1. The molecule has 5 rings (SSSR count). The molecule has 6 atom stereocenters. The first kappa shape index (κ1) is 19.5. The van der Waals surface area contributed by atoms with Crippen LogP contribution in [0, 0.1) is 28.6 Å². The summed E-state index contributed by atoms with van der Waals surface area (Å²) in [6.45, 7) is 4.82. The smallest absolute Gasteiger partial charge is 0.311 e. The highest BCUT2D eigenvalue weighted by molar-refractivity contribution is 7.10. The molecular weight excluding hydrogens is 380 g/mol. The number of thiophene rings is 1. The van der Waals surface area contributed by atoms with E-state index in [-0.39, 0.29) is 22.9 Å². The highest BCUT2D eigenvalue weighted by atomic mass is 32.1. The van der Waals surface area contributed by atoms with Crippen LogP contribution in [-0.2, 0) is 20.7 Å². The molecule has 29 heavy (non-hydrogen) atoms. The Balaban J connectivity index is 1.32. The van der Waals surface area contributed by atoms with Crippen molar-refractivity contribution in [1.82, 2.24) is 0 Å². The number of rotatable bonds is 3. The maximum atomic E-state index is 12.6. The summed E-state index contributed by atoms with van der Waals surface area (Å²) in [5.41, 5.74) is 1.76. The zero-order chi connectivity index (χ0) is 20.2. The summed E-state index contributed by atoms with van der Waals surface area (Å²) in [5.74, 6) is 2.32. The van der Waals surface area contributed by atoms with E-state index in [1.54, 1.807) is 11.3 Å². The predicted molar refractivity (Wildman–Crippen MR) is 115 cm³/mol. The summed E-state index contributed by atoms with van der Waals surface area (Å²) >= 11 is 1.63. The van der Waals surface area contributed by atoms with Crippen molar-refractivity contribution in [1.29, 1.82) is 0 Å². The number of esters is 1. The Morgan fingerprint density at radius 3 is 2.79 bits per heavy atom. The molecule has 4 aliphatic rings. The molecule has 0 N–H and O–H groups in total. The van der Waals surface area contributed by atoms with E-state index in [0.29, 0.717) is 36.4 Å². The summed E-state index contributed by atoms with van der Waals surface area (Å²) in [7, 11) is 0. The number of hydrogen-bond donors (Lipinski definition) is 0. The predicted octanol–water partition coefficient (Wildman–Crippen LogP) is 5.73. The fourth-order valence-electron chi connectivity index (χ4n) is 7.46. The topological polar surface area (TPSA) is 43.4 Å². The maximum absolute atomic E-state index is 12.6. The van der Waals surface area contributed by atoms with Gasteiger partial charge in [0.25, 0.3) is 0 Å². The van der Waals surface area contributed by atoms with Gasteiger partial charge in [-0.1, -0.05) is 25.5 Å². The fourth-order valence-corrected chi connectivity index (χ4v) is 8.15. The molecular formula is C25H32O3S. The minimum atomic E-state index is -0.0620. The molecule has 0 saturated heterocycles. The molecule has 1 aromatic rings. The highest BCUT2D eigenvalue weighted by Gasteiger charge is 2.59. The summed E-state index contributed by atoms with van der Waals surface area (Å²) < 4.78 is 6.09. The van der Waals surface area contributed by atoms with Crippen LogP contribution >= 0.6 is 11.3 Å². The van der Waals surface area contributed by atoms with Gasteiger partial charge in [-0.25, -0.2) is 0 Å². The van der Waals surface area contributed by atoms with E-state index in [1.807, 2.05) is 23.6 Å².